The minimum atomic E-state index is 0.0931. The molecule has 2 aromatic rings. The Hall–Kier alpha value is -1.91. The Bertz CT molecular complexity index is 568. The Morgan fingerprint density at radius 2 is 2.12 bits per heavy atom. The summed E-state index contributed by atoms with van der Waals surface area (Å²) in [5.41, 5.74) is 8.82. The van der Waals surface area contributed by atoms with Crippen LogP contribution in [-0.4, -0.2) is 20.2 Å². The lowest BCUT2D eigenvalue weighted by Crippen LogP contribution is -2.16. The molecule has 0 aliphatic heterocycles. The monoisotopic (exact) mass is 229 g/mol. The molecule has 0 bridgehead atoms. The van der Waals surface area contributed by atoms with E-state index in [0.717, 1.165) is 35.5 Å². The molecule has 88 valence electrons. The van der Waals surface area contributed by atoms with Crippen LogP contribution in [0.5, 0.6) is 0 Å². The number of hydrogen-bond donors (Lipinski definition) is 1. The van der Waals surface area contributed by atoms with E-state index < -0.39 is 0 Å². The van der Waals surface area contributed by atoms with Crippen LogP contribution in [0.15, 0.2) is 18.2 Å². The van der Waals surface area contributed by atoms with E-state index in [1.54, 1.807) is 0 Å². The van der Waals surface area contributed by atoms with Crippen LogP contribution in [-0.2, 0) is 5.54 Å². The van der Waals surface area contributed by atoms with Gasteiger partial charge in [0.1, 0.15) is 0 Å². The van der Waals surface area contributed by atoms with E-state index in [1.165, 1.54) is 0 Å². The zero-order valence-electron chi connectivity index (χ0n) is 10.0. The molecule has 3 rings (SSSR count). The van der Waals surface area contributed by atoms with Gasteiger partial charge in [-0.2, -0.15) is 0 Å². The van der Waals surface area contributed by atoms with Gasteiger partial charge in [-0.3, -0.25) is 0 Å². The predicted octanol–water partition coefficient (Wildman–Crippen LogP) is 1.74. The van der Waals surface area contributed by atoms with Gasteiger partial charge in [-0.15, -0.1) is 5.10 Å². The molecule has 1 saturated carbocycles. The van der Waals surface area contributed by atoms with Gasteiger partial charge < -0.3 is 5.73 Å². The molecule has 0 radical (unpaired) electrons. The quantitative estimate of drug-likeness (QED) is 0.796. The Morgan fingerprint density at radius 3 is 2.82 bits per heavy atom. The summed E-state index contributed by atoms with van der Waals surface area (Å²) in [4.78, 5) is 0. The van der Waals surface area contributed by atoms with Crippen molar-refractivity contribution in [2.75, 3.05) is 5.73 Å². The van der Waals surface area contributed by atoms with Gasteiger partial charge in [-0.25, -0.2) is 4.68 Å². The van der Waals surface area contributed by atoms with Gasteiger partial charge in [0.25, 0.3) is 0 Å². The van der Waals surface area contributed by atoms with E-state index in [4.69, 9.17) is 5.73 Å². The van der Waals surface area contributed by atoms with Crippen LogP contribution >= 0.6 is 0 Å². The highest BCUT2D eigenvalue weighted by Gasteiger charge is 2.42. The lowest BCUT2D eigenvalue weighted by molar-refractivity contribution is 0.463. The first-order valence-electron chi connectivity index (χ1n) is 5.75. The van der Waals surface area contributed by atoms with Gasteiger partial charge in [0.2, 0.25) is 0 Å². The molecular weight excluding hydrogens is 214 g/mol. The summed E-state index contributed by atoms with van der Waals surface area (Å²) >= 11 is 0. The second-order valence-corrected chi connectivity index (χ2v) is 4.99. The van der Waals surface area contributed by atoms with Gasteiger partial charge in [-0.05, 0) is 54.8 Å². The van der Waals surface area contributed by atoms with Gasteiger partial charge in [0.15, 0.2) is 5.82 Å². The molecule has 5 heteroatoms. The summed E-state index contributed by atoms with van der Waals surface area (Å²) in [6.07, 6.45) is 2.26. The molecule has 1 heterocycles. The van der Waals surface area contributed by atoms with Crippen molar-refractivity contribution in [1.82, 2.24) is 20.2 Å². The van der Waals surface area contributed by atoms with Crippen molar-refractivity contribution in [1.29, 1.82) is 0 Å². The first kappa shape index (κ1) is 10.3. The minimum absolute atomic E-state index is 0.0931. The third kappa shape index (κ3) is 1.58. The molecule has 1 aliphatic carbocycles. The second-order valence-electron chi connectivity index (χ2n) is 4.99. The molecular formula is C12H15N5. The summed E-state index contributed by atoms with van der Waals surface area (Å²) in [6.45, 7) is 4.22. The summed E-state index contributed by atoms with van der Waals surface area (Å²) in [6, 6.07) is 5.83. The third-order valence-corrected chi connectivity index (χ3v) is 3.46. The zero-order chi connectivity index (χ0) is 12.0. The van der Waals surface area contributed by atoms with E-state index in [9.17, 15) is 0 Å². The highest BCUT2D eigenvalue weighted by Crippen LogP contribution is 2.44. The highest BCUT2D eigenvalue weighted by atomic mass is 15.6. The summed E-state index contributed by atoms with van der Waals surface area (Å²) in [5.74, 6) is 0.815. The first-order chi connectivity index (χ1) is 8.10. The lowest BCUT2D eigenvalue weighted by atomic mass is 10.1. The maximum atomic E-state index is 5.83. The first-order valence-corrected chi connectivity index (χ1v) is 5.75. The van der Waals surface area contributed by atoms with Gasteiger partial charge in [0.05, 0.1) is 5.54 Å². The van der Waals surface area contributed by atoms with Crippen molar-refractivity contribution in [3.63, 3.8) is 0 Å². The molecule has 0 saturated heterocycles. The molecule has 0 atom stereocenters. The van der Waals surface area contributed by atoms with Crippen LogP contribution in [0.2, 0.25) is 0 Å². The van der Waals surface area contributed by atoms with Crippen molar-refractivity contribution >= 4 is 5.69 Å². The second kappa shape index (κ2) is 3.29. The normalized spacial score (nSPS) is 17.1. The number of rotatable bonds is 2. The molecule has 0 spiro atoms. The molecule has 1 fully saturated rings. The third-order valence-electron chi connectivity index (χ3n) is 3.46. The fraction of sp³-hybridized carbons (Fsp3) is 0.417. The number of nitrogens with zero attached hydrogens (tertiary/aromatic N) is 4. The van der Waals surface area contributed by atoms with Gasteiger partial charge >= 0.3 is 0 Å². The number of tetrazole rings is 1. The SMILES string of the molecule is Cc1ccc(N)cc1-c1nnnn1C1(C)CC1. The largest absolute Gasteiger partial charge is 0.399 e. The number of nitrogen functional groups attached to an aromatic ring is 1. The molecule has 1 aromatic carbocycles. The van der Waals surface area contributed by atoms with Crippen LogP contribution in [0.1, 0.15) is 25.3 Å². The van der Waals surface area contributed by atoms with Gasteiger partial charge in [0, 0.05) is 11.3 Å². The van der Waals surface area contributed by atoms with Crippen molar-refractivity contribution in [3.8, 4) is 11.4 Å². The minimum Gasteiger partial charge on any atom is -0.399 e. The molecule has 0 unspecified atom stereocenters. The van der Waals surface area contributed by atoms with Crippen molar-refractivity contribution in [2.24, 2.45) is 0 Å². The van der Waals surface area contributed by atoms with E-state index in [2.05, 4.69) is 22.4 Å². The summed E-state index contributed by atoms with van der Waals surface area (Å²) in [5, 5.41) is 12.1. The van der Waals surface area contributed by atoms with E-state index in [0.29, 0.717) is 0 Å². The highest BCUT2D eigenvalue weighted by molar-refractivity contribution is 5.65. The van der Waals surface area contributed by atoms with Crippen LogP contribution in [0, 0.1) is 6.92 Å². The van der Waals surface area contributed by atoms with Crippen LogP contribution in [0.25, 0.3) is 11.4 Å². The standard InChI is InChI=1S/C12H15N5/c1-8-3-4-9(13)7-10(8)11-14-15-16-17(11)12(2)5-6-12/h3-4,7H,5-6,13H2,1-2H3. The molecule has 0 amide bonds. The van der Waals surface area contributed by atoms with Crippen molar-refractivity contribution in [3.05, 3.63) is 23.8 Å². The number of aryl methyl sites for hydroxylation is 1. The molecule has 5 nitrogen and oxygen atoms in total. The average Bonchev–Trinajstić information content (AvgIpc) is 2.87. The maximum absolute atomic E-state index is 5.83. The number of aromatic nitrogens is 4. The van der Waals surface area contributed by atoms with Crippen LogP contribution in [0.3, 0.4) is 0 Å². The smallest absolute Gasteiger partial charge is 0.182 e. The molecule has 1 aromatic heterocycles. The molecule has 2 N–H and O–H groups in total. The van der Waals surface area contributed by atoms with Crippen molar-refractivity contribution < 1.29 is 0 Å². The average molecular weight is 229 g/mol. The number of nitrogens with two attached hydrogens (primary N) is 1. The number of hydrogen-bond acceptors (Lipinski definition) is 4. The Labute approximate surface area is 99.6 Å². The van der Waals surface area contributed by atoms with Crippen LogP contribution < -0.4 is 5.73 Å². The number of benzene rings is 1. The predicted molar refractivity (Wildman–Crippen MR) is 65.3 cm³/mol. The van der Waals surface area contributed by atoms with E-state index in [-0.39, 0.29) is 5.54 Å². The summed E-state index contributed by atoms with van der Waals surface area (Å²) < 4.78 is 1.93. The number of anilines is 1. The fourth-order valence-electron chi connectivity index (χ4n) is 1.99. The van der Waals surface area contributed by atoms with Gasteiger partial charge in [-0.1, -0.05) is 6.07 Å². The van der Waals surface area contributed by atoms with E-state index >= 15 is 0 Å². The Kier molecular flexibility index (Phi) is 1.98. The molecule has 1 aliphatic rings. The topological polar surface area (TPSA) is 69.6 Å². The fourth-order valence-corrected chi connectivity index (χ4v) is 1.99. The maximum Gasteiger partial charge on any atom is 0.182 e. The van der Waals surface area contributed by atoms with Crippen molar-refractivity contribution in [2.45, 2.75) is 32.2 Å². The van der Waals surface area contributed by atoms with E-state index in [1.807, 2.05) is 29.8 Å². The molecule has 17 heavy (non-hydrogen) atoms. The van der Waals surface area contributed by atoms with Crippen LogP contribution in [0.4, 0.5) is 5.69 Å². The summed E-state index contributed by atoms with van der Waals surface area (Å²) in [7, 11) is 0. The Morgan fingerprint density at radius 1 is 1.35 bits per heavy atom. The lowest BCUT2D eigenvalue weighted by Gasteiger charge is -2.12. The zero-order valence-corrected chi connectivity index (χ0v) is 10.0. The Balaban J connectivity index is 2.15.